The van der Waals surface area contributed by atoms with E-state index in [0.29, 0.717) is 38.4 Å². The first-order valence-electron chi connectivity index (χ1n) is 8.62. The van der Waals surface area contributed by atoms with Crippen LogP contribution in [0.1, 0.15) is 37.0 Å². The highest BCUT2D eigenvalue weighted by atomic mass is 16.5. The number of aromatic nitrogens is 1. The fourth-order valence-electron chi connectivity index (χ4n) is 2.75. The molecule has 142 valence electrons. The maximum absolute atomic E-state index is 12.5. The number of likely N-dealkylation sites (tertiary alicyclic amines) is 1. The van der Waals surface area contributed by atoms with Crippen LogP contribution in [0.4, 0.5) is 0 Å². The number of esters is 2. The smallest absolute Gasteiger partial charge is 0.340 e. The monoisotopic (exact) mass is 364 g/mol. The summed E-state index contributed by atoms with van der Waals surface area (Å²) in [5.41, 5.74) is 0.242. The van der Waals surface area contributed by atoms with Gasteiger partial charge in [0, 0.05) is 25.4 Å². The van der Waals surface area contributed by atoms with Crippen LogP contribution in [0.5, 0.6) is 5.88 Å². The summed E-state index contributed by atoms with van der Waals surface area (Å²) in [6.45, 7) is 4.54. The minimum Gasteiger partial charge on any atom is -0.481 e. The Balaban J connectivity index is 1.85. The van der Waals surface area contributed by atoms with Crippen molar-refractivity contribution in [2.45, 2.75) is 32.8 Å². The molecule has 8 nitrogen and oxygen atoms in total. The first-order valence-corrected chi connectivity index (χ1v) is 8.62. The summed E-state index contributed by atoms with van der Waals surface area (Å²) in [5, 5.41) is 0. The number of amides is 1. The molecule has 1 atom stereocenters. The molecule has 26 heavy (non-hydrogen) atoms. The quantitative estimate of drug-likeness (QED) is 0.705. The summed E-state index contributed by atoms with van der Waals surface area (Å²) in [5.74, 6) is -0.909. The van der Waals surface area contributed by atoms with Crippen LogP contribution in [0, 0.1) is 5.92 Å². The van der Waals surface area contributed by atoms with E-state index in [1.54, 1.807) is 17.9 Å². The van der Waals surface area contributed by atoms with E-state index in [-0.39, 0.29) is 23.4 Å². The van der Waals surface area contributed by atoms with Crippen molar-refractivity contribution in [2.75, 3.05) is 26.8 Å². The second-order valence-corrected chi connectivity index (χ2v) is 5.99. The third-order valence-electron chi connectivity index (χ3n) is 4.24. The molecule has 0 N–H and O–H groups in total. The first-order chi connectivity index (χ1) is 12.5. The number of carbonyl (C=O) groups is 3. The Morgan fingerprint density at radius 2 is 1.96 bits per heavy atom. The number of ether oxygens (including phenoxy) is 3. The van der Waals surface area contributed by atoms with E-state index in [2.05, 4.69) is 4.98 Å². The number of nitrogens with zero attached hydrogens (tertiary/aromatic N) is 2. The third kappa shape index (κ3) is 4.93. The molecule has 1 aromatic rings. The number of hydrogen-bond acceptors (Lipinski definition) is 7. The molecule has 8 heteroatoms. The van der Waals surface area contributed by atoms with Crippen molar-refractivity contribution in [1.82, 2.24) is 9.88 Å². The van der Waals surface area contributed by atoms with Gasteiger partial charge in [0.15, 0.2) is 6.10 Å². The molecule has 0 radical (unpaired) electrons. The zero-order valence-corrected chi connectivity index (χ0v) is 15.3. The van der Waals surface area contributed by atoms with Gasteiger partial charge in [0.25, 0.3) is 5.91 Å². The summed E-state index contributed by atoms with van der Waals surface area (Å²) in [4.78, 5) is 41.9. The zero-order chi connectivity index (χ0) is 19.1. The van der Waals surface area contributed by atoms with Gasteiger partial charge in [-0.3, -0.25) is 9.59 Å². The molecule has 1 aliphatic rings. The minimum atomic E-state index is -0.913. The van der Waals surface area contributed by atoms with Crippen molar-refractivity contribution >= 4 is 17.8 Å². The second-order valence-electron chi connectivity index (χ2n) is 5.99. The topological polar surface area (TPSA) is 95.0 Å². The molecule has 1 fully saturated rings. The Morgan fingerprint density at radius 1 is 1.27 bits per heavy atom. The van der Waals surface area contributed by atoms with Crippen LogP contribution in [0.25, 0.3) is 0 Å². The molecule has 2 heterocycles. The molecular weight excluding hydrogens is 340 g/mol. The Bertz CT molecular complexity index is 638. The molecule has 0 spiro atoms. The molecule has 1 amide bonds. The van der Waals surface area contributed by atoms with Gasteiger partial charge in [0.2, 0.25) is 5.88 Å². The number of methoxy groups -OCH3 is 1. The second kappa shape index (κ2) is 9.17. The predicted molar refractivity (Wildman–Crippen MR) is 91.6 cm³/mol. The highest BCUT2D eigenvalue weighted by molar-refractivity contribution is 5.92. The normalized spacial score (nSPS) is 15.9. The van der Waals surface area contributed by atoms with Crippen LogP contribution < -0.4 is 4.74 Å². The van der Waals surface area contributed by atoms with Gasteiger partial charge < -0.3 is 19.1 Å². The largest absolute Gasteiger partial charge is 0.481 e. The van der Waals surface area contributed by atoms with E-state index >= 15 is 0 Å². The van der Waals surface area contributed by atoms with E-state index in [1.807, 2.05) is 0 Å². The lowest BCUT2D eigenvalue weighted by Gasteiger charge is -2.32. The maximum Gasteiger partial charge on any atom is 0.340 e. The summed E-state index contributed by atoms with van der Waals surface area (Å²) in [7, 11) is 1.48. The van der Waals surface area contributed by atoms with Crippen molar-refractivity contribution in [3.63, 3.8) is 0 Å². The van der Waals surface area contributed by atoms with Crippen LogP contribution in [-0.4, -0.2) is 60.6 Å². The average molecular weight is 364 g/mol. The van der Waals surface area contributed by atoms with E-state index in [4.69, 9.17) is 14.2 Å². The summed E-state index contributed by atoms with van der Waals surface area (Å²) < 4.78 is 15.2. The summed E-state index contributed by atoms with van der Waals surface area (Å²) in [6.07, 6.45) is 1.52. The van der Waals surface area contributed by atoms with Gasteiger partial charge in [-0.1, -0.05) is 0 Å². The summed E-state index contributed by atoms with van der Waals surface area (Å²) >= 11 is 0. The van der Waals surface area contributed by atoms with Crippen molar-refractivity contribution in [3.05, 3.63) is 23.9 Å². The van der Waals surface area contributed by atoms with E-state index < -0.39 is 12.1 Å². The van der Waals surface area contributed by atoms with Crippen LogP contribution in [0.2, 0.25) is 0 Å². The van der Waals surface area contributed by atoms with E-state index in [1.165, 1.54) is 26.3 Å². The zero-order valence-electron chi connectivity index (χ0n) is 15.3. The van der Waals surface area contributed by atoms with Crippen LogP contribution in [-0.2, 0) is 19.1 Å². The van der Waals surface area contributed by atoms with Crippen LogP contribution in [0.3, 0.4) is 0 Å². The Kier molecular flexibility index (Phi) is 6.94. The molecule has 0 bridgehead atoms. The van der Waals surface area contributed by atoms with Gasteiger partial charge in [-0.2, -0.15) is 0 Å². The van der Waals surface area contributed by atoms with Crippen LogP contribution in [0.15, 0.2) is 18.3 Å². The Hall–Kier alpha value is -2.64. The molecule has 1 aliphatic heterocycles. The lowest BCUT2D eigenvalue weighted by Crippen LogP contribution is -2.45. The first kappa shape index (κ1) is 19.7. The number of rotatable bonds is 6. The van der Waals surface area contributed by atoms with Crippen molar-refractivity contribution < 1.29 is 28.6 Å². The molecule has 1 aromatic heterocycles. The summed E-state index contributed by atoms with van der Waals surface area (Å²) in [6, 6.07) is 3.07. The fraction of sp³-hybridized carbons (Fsp3) is 0.556. The van der Waals surface area contributed by atoms with Gasteiger partial charge in [-0.25, -0.2) is 9.78 Å². The minimum absolute atomic E-state index is 0.178. The third-order valence-corrected chi connectivity index (χ3v) is 4.24. The van der Waals surface area contributed by atoms with E-state index in [9.17, 15) is 14.4 Å². The average Bonchev–Trinajstić information content (AvgIpc) is 2.67. The van der Waals surface area contributed by atoms with E-state index in [0.717, 1.165) is 0 Å². The molecule has 1 saturated heterocycles. The van der Waals surface area contributed by atoms with Crippen molar-refractivity contribution in [2.24, 2.45) is 5.92 Å². The van der Waals surface area contributed by atoms with Gasteiger partial charge in [0.05, 0.1) is 25.2 Å². The Morgan fingerprint density at radius 3 is 2.50 bits per heavy atom. The van der Waals surface area contributed by atoms with Gasteiger partial charge >= 0.3 is 11.9 Å². The SMILES string of the molecule is CCOC(=O)C1CCN(C(=O)[C@H](C)OC(=O)c2ccc(OC)nc2)CC1. The predicted octanol–water partition coefficient (Wildman–Crippen LogP) is 1.44. The number of hydrogen-bond donors (Lipinski definition) is 0. The maximum atomic E-state index is 12.5. The lowest BCUT2D eigenvalue weighted by atomic mass is 9.97. The van der Waals surface area contributed by atoms with Gasteiger partial charge in [0.1, 0.15) is 0 Å². The highest BCUT2D eigenvalue weighted by Crippen LogP contribution is 2.20. The Labute approximate surface area is 152 Å². The standard InChI is InChI=1S/C18H24N2O6/c1-4-25-17(22)13-7-9-20(10-8-13)16(21)12(2)26-18(23)14-5-6-15(24-3)19-11-14/h5-6,11-13H,4,7-10H2,1-3H3/t12-/m0/s1. The molecule has 0 saturated carbocycles. The molecular formula is C18H24N2O6. The lowest BCUT2D eigenvalue weighted by molar-refractivity contribution is -0.152. The fourth-order valence-corrected chi connectivity index (χ4v) is 2.75. The van der Waals surface area contributed by atoms with Gasteiger partial charge in [-0.05, 0) is 32.8 Å². The molecule has 0 unspecified atom stereocenters. The highest BCUT2D eigenvalue weighted by Gasteiger charge is 2.31. The molecule has 2 rings (SSSR count). The van der Waals surface area contributed by atoms with Crippen LogP contribution >= 0.6 is 0 Å². The molecule has 0 aromatic carbocycles. The number of piperidine rings is 1. The van der Waals surface area contributed by atoms with Gasteiger partial charge in [-0.15, -0.1) is 0 Å². The number of pyridine rings is 1. The molecule has 0 aliphatic carbocycles. The number of carbonyl (C=O) groups excluding carboxylic acids is 3. The van der Waals surface area contributed by atoms with Crippen molar-refractivity contribution in [3.8, 4) is 5.88 Å². The van der Waals surface area contributed by atoms with Crippen molar-refractivity contribution in [1.29, 1.82) is 0 Å².